The second kappa shape index (κ2) is 13.8. The number of carboxylic acid groups (broad SMARTS) is 1. The van der Waals surface area contributed by atoms with Gasteiger partial charge in [0.1, 0.15) is 10.8 Å². The van der Waals surface area contributed by atoms with Gasteiger partial charge >= 0.3 is 12.1 Å². The molecule has 0 aliphatic heterocycles. The Morgan fingerprint density at radius 2 is 1.84 bits per heavy atom. The molecular formula is C30H31F5N3O4S2+. The Hall–Kier alpha value is -3.30. The van der Waals surface area contributed by atoms with E-state index in [-0.39, 0.29) is 47.2 Å². The molecule has 14 heteroatoms. The summed E-state index contributed by atoms with van der Waals surface area (Å²) in [7, 11) is 0. The van der Waals surface area contributed by atoms with Crippen molar-refractivity contribution in [3.63, 3.8) is 0 Å². The highest BCUT2D eigenvalue weighted by molar-refractivity contribution is 7.89. The number of carbonyl (C=O) groups is 1. The Balaban J connectivity index is 0.00000442. The monoisotopic (exact) mass is 656 g/mol. The number of carboxylic acids is 1. The van der Waals surface area contributed by atoms with Crippen LogP contribution in [-0.2, 0) is 30.6 Å². The molecule has 6 N–H and O–H groups in total. The lowest BCUT2D eigenvalue weighted by Crippen LogP contribution is -2.13. The van der Waals surface area contributed by atoms with Crippen molar-refractivity contribution in [1.29, 1.82) is 0 Å². The number of halogens is 5. The number of aryl methyl sites for hydroxylation is 1. The summed E-state index contributed by atoms with van der Waals surface area (Å²) in [6.45, 7) is 0. The van der Waals surface area contributed by atoms with Crippen molar-refractivity contribution in [3.05, 3.63) is 87.4 Å². The molecule has 7 nitrogen and oxygen atoms in total. The van der Waals surface area contributed by atoms with Crippen LogP contribution in [0.4, 0.5) is 22.0 Å². The van der Waals surface area contributed by atoms with Crippen LogP contribution in [0.1, 0.15) is 64.8 Å². The van der Waals surface area contributed by atoms with Gasteiger partial charge in [0.15, 0.2) is 5.82 Å². The molecule has 2 aromatic carbocycles. The molecule has 44 heavy (non-hydrogen) atoms. The molecular weight excluding hydrogens is 625 g/mol. The van der Waals surface area contributed by atoms with E-state index in [9.17, 15) is 36.4 Å². The number of hydrogen-bond acceptors (Lipinski definition) is 5. The predicted molar refractivity (Wildman–Crippen MR) is 159 cm³/mol. The fraction of sp³-hybridized carbons (Fsp3) is 0.333. The molecule has 1 fully saturated rings. The number of nitrogens with zero attached hydrogens (tertiary/aromatic N) is 2. The highest BCUT2D eigenvalue weighted by Crippen LogP contribution is 2.39. The summed E-state index contributed by atoms with van der Waals surface area (Å²) in [5.41, 5.74) is 3.55. The summed E-state index contributed by atoms with van der Waals surface area (Å²) in [4.78, 5) is 11.6. The van der Waals surface area contributed by atoms with Crippen LogP contribution in [-0.4, -0.2) is 37.1 Å². The molecule has 0 radical (unpaired) electrons. The quantitative estimate of drug-likeness (QED) is 0.0868. The van der Waals surface area contributed by atoms with E-state index in [1.54, 1.807) is 22.9 Å². The second-order valence-corrected chi connectivity index (χ2v) is 12.7. The zero-order valence-corrected chi connectivity index (χ0v) is 25.0. The predicted octanol–water partition coefficient (Wildman–Crippen LogP) is 6.89. The third-order valence-electron chi connectivity index (χ3n) is 7.39. The lowest BCUT2D eigenvalue weighted by Gasteiger charge is -2.11. The summed E-state index contributed by atoms with van der Waals surface area (Å²) in [6, 6.07) is 10.3. The molecule has 4 aromatic rings. The van der Waals surface area contributed by atoms with Gasteiger partial charge in [-0.25, -0.2) is 18.3 Å². The number of aromatic carboxylic acids is 1. The summed E-state index contributed by atoms with van der Waals surface area (Å²) in [5.74, 6) is -1.87. The Bertz CT molecular complexity index is 1630. The minimum absolute atomic E-state index is 0. The van der Waals surface area contributed by atoms with Gasteiger partial charge in [-0.1, -0.05) is 6.07 Å². The van der Waals surface area contributed by atoms with E-state index < -0.39 is 41.6 Å². The molecule has 236 valence electrons. The SMILES string of the molecule is N[S+](O)c1ccc(Cc2c(-c3ccc(F)c(CCCCC(F)(F)F)c3)nn(-c3cc(C(=O)O)cs3)c2CC2CC2)cc1F.O. The van der Waals surface area contributed by atoms with Gasteiger partial charge in [0, 0.05) is 41.1 Å². The minimum Gasteiger partial charge on any atom is -0.478 e. The first-order valence-electron chi connectivity index (χ1n) is 13.6. The van der Waals surface area contributed by atoms with Gasteiger partial charge in [-0.3, -0.25) is 0 Å². The van der Waals surface area contributed by atoms with Crippen LogP contribution in [0.5, 0.6) is 0 Å². The molecule has 0 bridgehead atoms. The molecule has 1 saturated carbocycles. The van der Waals surface area contributed by atoms with Gasteiger partial charge in [0.2, 0.25) is 4.90 Å². The van der Waals surface area contributed by atoms with E-state index in [0.29, 0.717) is 34.2 Å². The largest absolute Gasteiger partial charge is 0.478 e. The Morgan fingerprint density at radius 1 is 1.09 bits per heavy atom. The Labute approximate surface area is 257 Å². The molecule has 0 amide bonds. The maximum Gasteiger partial charge on any atom is 0.389 e. The molecule has 1 aliphatic rings. The van der Waals surface area contributed by atoms with Crippen molar-refractivity contribution in [1.82, 2.24) is 9.78 Å². The number of aromatic nitrogens is 2. The van der Waals surface area contributed by atoms with Gasteiger partial charge in [-0.15, -0.1) is 16.5 Å². The number of benzene rings is 2. The van der Waals surface area contributed by atoms with Crippen molar-refractivity contribution in [2.45, 2.75) is 62.4 Å². The van der Waals surface area contributed by atoms with Crippen molar-refractivity contribution in [2.75, 3.05) is 0 Å². The minimum atomic E-state index is -4.28. The number of alkyl halides is 3. The normalized spacial score (nSPS) is 14.0. The highest BCUT2D eigenvalue weighted by atomic mass is 32.2. The van der Waals surface area contributed by atoms with Gasteiger partial charge < -0.3 is 10.6 Å². The number of rotatable bonds is 12. The third-order valence-corrected chi connectivity index (χ3v) is 9.07. The maximum absolute atomic E-state index is 14.8. The lowest BCUT2D eigenvalue weighted by molar-refractivity contribution is -0.135. The fourth-order valence-electron chi connectivity index (χ4n) is 5.02. The summed E-state index contributed by atoms with van der Waals surface area (Å²) in [5, 5.41) is 22.0. The van der Waals surface area contributed by atoms with Gasteiger partial charge in [-0.2, -0.15) is 22.8 Å². The first-order chi connectivity index (χ1) is 20.4. The van der Waals surface area contributed by atoms with Crippen LogP contribution < -0.4 is 5.14 Å². The van der Waals surface area contributed by atoms with Crippen molar-refractivity contribution in [2.24, 2.45) is 11.1 Å². The first kappa shape index (κ1) is 33.6. The molecule has 1 atom stereocenters. The van der Waals surface area contributed by atoms with Crippen molar-refractivity contribution in [3.8, 4) is 16.3 Å². The van der Waals surface area contributed by atoms with Crippen LogP contribution in [0.3, 0.4) is 0 Å². The number of hydrogen-bond donors (Lipinski definition) is 3. The molecule has 1 aliphatic carbocycles. The molecule has 2 aromatic heterocycles. The molecule has 0 saturated heterocycles. The van der Waals surface area contributed by atoms with Gasteiger partial charge in [0.05, 0.1) is 11.3 Å². The van der Waals surface area contributed by atoms with E-state index >= 15 is 0 Å². The number of unbranched alkanes of at least 4 members (excludes halogenated alkanes) is 1. The van der Waals surface area contributed by atoms with Crippen LogP contribution >= 0.6 is 11.3 Å². The smallest absolute Gasteiger partial charge is 0.389 e. The first-order valence-corrected chi connectivity index (χ1v) is 15.8. The average molecular weight is 657 g/mol. The van der Waals surface area contributed by atoms with Crippen molar-refractivity contribution < 1.29 is 41.9 Å². The van der Waals surface area contributed by atoms with Gasteiger partial charge in [-0.05, 0) is 85.9 Å². The molecule has 2 heterocycles. The van der Waals surface area contributed by atoms with E-state index in [1.165, 1.54) is 41.0 Å². The summed E-state index contributed by atoms with van der Waals surface area (Å²) < 4.78 is 78.8. The molecule has 0 spiro atoms. The number of nitrogens with two attached hydrogens (primary N) is 1. The van der Waals surface area contributed by atoms with E-state index in [0.717, 1.165) is 24.1 Å². The summed E-state index contributed by atoms with van der Waals surface area (Å²) in [6.07, 6.45) is -2.17. The average Bonchev–Trinajstić information content (AvgIpc) is 3.49. The van der Waals surface area contributed by atoms with E-state index in [1.807, 2.05) is 0 Å². The Morgan fingerprint density at radius 3 is 2.45 bits per heavy atom. The van der Waals surface area contributed by atoms with E-state index in [2.05, 4.69) is 0 Å². The standard InChI is InChI=1S/C30H28F5N3O3S2.H2O/c31-23-8-7-20(14-19(23)3-1-2-10-30(33,34)35)28-22(11-18-6-9-26(43(36)41)24(32)12-18)25(13-17-4-5-17)38(37-28)27-15-21(16-42-27)29(39)40;/h6-9,12,14-17,41H,1-5,10-11,13,36H2;1H2/p+1. The second-order valence-electron chi connectivity index (χ2n) is 10.7. The van der Waals surface area contributed by atoms with Crippen LogP contribution in [0.25, 0.3) is 16.3 Å². The topological polar surface area (TPSA) is 133 Å². The third kappa shape index (κ3) is 8.04. The van der Waals surface area contributed by atoms with Crippen LogP contribution in [0, 0.1) is 17.6 Å². The zero-order valence-electron chi connectivity index (χ0n) is 23.3. The van der Waals surface area contributed by atoms with Crippen LogP contribution in [0.15, 0.2) is 52.7 Å². The fourth-order valence-corrected chi connectivity index (χ4v) is 6.35. The van der Waals surface area contributed by atoms with Gasteiger partial charge in [0.25, 0.3) is 11.4 Å². The Kier molecular flexibility index (Phi) is 10.5. The lowest BCUT2D eigenvalue weighted by atomic mass is 9.95. The van der Waals surface area contributed by atoms with E-state index in [4.69, 9.17) is 10.2 Å². The van der Waals surface area contributed by atoms with Crippen molar-refractivity contribution >= 4 is 28.7 Å². The maximum atomic E-state index is 14.8. The number of thiophene rings is 1. The molecule has 1 unspecified atom stereocenters. The highest BCUT2D eigenvalue weighted by Gasteiger charge is 2.30. The summed E-state index contributed by atoms with van der Waals surface area (Å²) >= 11 is -0.544. The zero-order chi connectivity index (χ0) is 30.9. The molecule has 5 rings (SSSR count). The van der Waals surface area contributed by atoms with Crippen LogP contribution in [0.2, 0.25) is 0 Å².